The molecule has 1 amide bonds. The minimum absolute atomic E-state index is 0.0282. The number of aliphatic hydroxyl groups excluding tert-OH is 1. The molecule has 1 aromatic heterocycles. The van der Waals surface area contributed by atoms with E-state index >= 15 is 4.39 Å². The fraction of sp³-hybridized carbons (Fsp3) is 0.455. The van der Waals surface area contributed by atoms with Crippen molar-refractivity contribution in [1.82, 2.24) is 9.88 Å². The normalized spacial score (nSPS) is 24.2. The van der Waals surface area contributed by atoms with Gasteiger partial charge in [0, 0.05) is 22.7 Å². The van der Waals surface area contributed by atoms with Gasteiger partial charge in [-0.05, 0) is 98.9 Å². The molecule has 1 aliphatic heterocycles. The summed E-state index contributed by atoms with van der Waals surface area (Å²) in [6.07, 6.45) is -8.18. The Kier molecular flexibility index (Phi) is 8.07. The van der Waals surface area contributed by atoms with E-state index in [9.17, 15) is 36.2 Å². The second-order valence-corrected chi connectivity index (χ2v) is 12.3. The number of nitrogens with zero attached hydrogens (tertiary/aromatic N) is 2. The molecule has 6 rings (SSSR count). The number of aliphatic hydroxyl groups is 1. The highest BCUT2D eigenvalue weighted by atomic mass is 19.4. The standard InChI is InChI=1S/C33H31F7N2O3/c1-17-30(21-12-22(32(35,36)37)15-23(13-21)33(38,39)40)45-31(44)42(17)16-29-25(9-11-28(41-29)19-2-3-19)26-14-20(6-10-27(26)34)18-4-7-24(43)8-5-18/h6,9-15,17-19,24,30,43H,2-5,7-8,16H2,1H3/t17-,18?,24?,30-/m0/s1. The summed E-state index contributed by atoms with van der Waals surface area (Å²) in [5, 5.41) is 9.92. The predicted octanol–water partition coefficient (Wildman–Crippen LogP) is 8.90. The second-order valence-electron chi connectivity index (χ2n) is 12.3. The van der Waals surface area contributed by atoms with Gasteiger partial charge in [0.25, 0.3) is 0 Å². The van der Waals surface area contributed by atoms with Gasteiger partial charge in [0.15, 0.2) is 0 Å². The average molecular weight is 637 g/mol. The first-order valence-electron chi connectivity index (χ1n) is 14.9. The van der Waals surface area contributed by atoms with E-state index in [0.29, 0.717) is 36.2 Å². The van der Waals surface area contributed by atoms with Crippen molar-refractivity contribution in [2.75, 3.05) is 0 Å². The van der Waals surface area contributed by atoms with Crippen molar-refractivity contribution in [3.05, 3.63) is 88.0 Å². The Hall–Kier alpha value is -3.67. The Bertz CT molecular complexity index is 1560. The molecule has 3 fully saturated rings. The van der Waals surface area contributed by atoms with Gasteiger partial charge >= 0.3 is 18.4 Å². The number of halogens is 7. The van der Waals surface area contributed by atoms with Crippen molar-refractivity contribution in [2.24, 2.45) is 0 Å². The van der Waals surface area contributed by atoms with Crippen LogP contribution in [0.15, 0.2) is 48.5 Å². The first kappa shape index (κ1) is 31.3. The monoisotopic (exact) mass is 636 g/mol. The number of alkyl halides is 6. The minimum atomic E-state index is -5.06. The van der Waals surface area contributed by atoms with E-state index in [1.54, 1.807) is 18.2 Å². The van der Waals surface area contributed by atoms with Crippen LogP contribution in [-0.4, -0.2) is 33.2 Å². The van der Waals surface area contributed by atoms with E-state index in [1.165, 1.54) is 17.9 Å². The number of rotatable bonds is 6. The van der Waals surface area contributed by atoms with Gasteiger partial charge in [-0.1, -0.05) is 12.1 Å². The molecule has 0 spiro atoms. The molecule has 2 aromatic carbocycles. The third-order valence-electron chi connectivity index (χ3n) is 9.09. The maximum atomic E-state index is 15.4. The van der Waals surface area contributed by atoms with E-state index in [0.717, 1.165) is 36.9 Å². The quantitative estimate of drug-likeness (QED) is 0.275. The highest BCUT2D eigenvalue weighted by molar-refractivity contribution is 5.73. The number of cyclic esters (lactones) is 1. The Morgan fingerprint density at radius 3 is 2.04 bits per heavy atom. The van der Waals surface area contributed by atoms with Crippen LogP contribution in [0.2, 0.25) is 0 Å². The molecule has 2 atom stereocenters. The van der Waals surface area contributed by atoms with Crippen molar-refractivity contribution in [1.29, 1.82) is 0 Å². The van der Waals surface area contributed by atoms with Crippen LogP contribution >= 0.6 is 0 Å². The van der Waals surface area contributed by atoms with Gasteiger partial charge < -0.3 is 9.84 Å². The largest absolute Gasteiger partial charge is 0.439 e. The molecule has 2 saturated carbocycles. The van der Waals surface area contributed by atoms with Crippen molar-refractivity contribution >= 4 is 6.09 Å². The van der Waals surface area contributed by atoms with Crippen LogP contribution in [0, 0.1) is 5.82 Å². The van der Waals surface area contributed by atoms with E-state index in [-0.39, 0.29) is 36.1 Å². The Balaban J connectivity index is 1.34. The molecule has 3 aromatic rings. The highest BCUT2D eigenvalue weighted by Crippen LogP contribution is 2.44. The zero-order chi connectivity index (χ0) is 32.3. The minimum Gasteiger partial charge on any atom is -0.439 e. The fourth-order valence-corrected chi connectivity index (χ4v) is 6.37. The molecule has 0 radical (unpaired) electrons. The summed E-state index contributed by atoms with van der Waals surface area (Å²) in [5.41, 5.74) is -0.721. The zero-order valence-electron chi connectivity index (χ0n) is 24.3. The van der Waals surface area contributed by atoms with E-state index in [1.807, 2.05) is 6.07 Å². The molecular weight excluding hydrogens is 605 g/mol. The number of hydrogen-bond donors (Lipinski definition) is 1. The molecular formula is C33H31F7N2O3. The van der Waals surface area contributed by atoms with Gasteiger partial charge in [-0.2, -0.15) is 26.3 Å². The lowest BCUT2D eigenvalue weighted by Gasteiger charge is -2.26. The summed E-state index contributed by atoms with van der Waals surface area (Å²) in [4.78, 5) is 19.1. The molecule has 2 heterocycles. The van der Waals surface area contributed by atoms with Crippen molar-refractivity contribution in [2.45, 2.75) is 94.4 Å². The number of benzene rings is 2. The number of carbonyl (C=O) groups excluding carboxylic acids is 1. The molecule has 5 nitrogen and oxygen atoms in total. The van der Waals surface area contributed by atoms with Gasteiger partial charge in [-0.25, -0.2) is 9.18 Å². The lowest BCUT2D eigenvalue weighted by Crippen LogP contribution is -2.32. The maximum Gasteiger partial charge on any atom is 0.416 e. The smallest absolute Gasteiger partial charge is 0.416 e. The van der Waals surface area contributed by atoms with Crippen LogP contribution in [0.1, 0.15) is 97.0 Å². The summed E-state index contributed by atoms with van der Waals surface area (Å²) < 4.78 is 102. The number of hydrogen-bond acceptors (Lipinski definition) is 4. The summed E-state index contributed by atoms with van der Waals surface area (Å²) in [6, 6.07) is 8.61. The van der Waals surface area contributed by atoms with Gasteiger partial charge in [0.1, 0.15) is 11.9 Å². The fourth-order valence-electron chi connectivity index (χ4n) is 6.37. The van der Waals surface area contributed by atoms with Crippen LogP contribution in [-0.2, 0) is 23.6 Å². The van der Waals surface area contributed by atoms with Gasteiger partial charge in [-0.15, -0.1) is 0 Å². The second kappa shape index (κ2) is 11.6. The number of amides is 1. The Morgan fingerprint density at radius 2 is 1.44 bits per heavy atom. The average Bonchev–Trinajstić information content (AvgIpc) is 3.80. The maximum absolute atomic E-state index is 15.4. The third kappa shape index (κ3) is 6.52. The SMILES string of the molecule is C[C@H]1[C@@H](c2cc(C(F)(F)F)cc(C(F)(F)F)c2)OC(=O)N1Cc1nc(C2CC2)ccc1-c1cc(C2CCC(O)CC2)ccc1F. The summed E-state index contributed by atoms with van der Waals surface area (Å²) in [5.74, 6) is -0.155. The Morgan fingerprint density at radius 1 is 0.822 bits per heavy atom. The van der Waals surface area contributed by atoms with Crippen molar-refractivity contribution in [3.8, 4) is 11.1 Å². The van der Waals surface area contributed by atoms with Crippen LogP contribution in [0.3, 0.4) is 0 Å². The van der Waals surface area contributed by atoms with Crippen molar-refractivity contribution in [3.63, 3.8) is 0 Å². The lowest BCUT2D eigenvalue weighted by atomic mass is 9.82. The summed E-state index contributed by atoms with van der Waals surface area (Å²) >= 11 is 0. The molecule has 0 unspecified atom stereocenters. The Labute approximate surface area is 255 Å². The summed E-state index contributed by atoms with van der Waals surface area (Å²) in [6.45, 7) is 1.28. The first-order valence-corrected chi connectivity index (χ1v) is 14.9. The van der Waals surface area contributed by atoms with Crippen LogP contribution < -0.4 is 0 Å². The van der Waals surface area contributed by atoms with E-state index in [4.69, 9.17) is 9.72 Å². The predicted molar refractivity (Wildman–Crippen MR) is 149 cm³/mol. The first-order chi connectivity index (χ1) is 21.2. The topological polar surface area (TPSA) is 62.7 Å². The molecule has 1 N–H and O–H groups in total. The summed E-state index contributed by atoms with van der Waals surface area (Å²) in [7, 11) is 0. The molecule has 1 saturated heterocycles. The molecule has 2 aliphatic carbocycles. The molecule has 0 bridgehead atoms. The number of ether oxygens (including phenoxy) is 1. The van der Waals surface area contributed by atoms with E-state index in [2.05, 4.69) is 0 Å². The molecule has 45 heavy (non-hydrogen) atoms. The van der Waals surface area contributed by atoms with E-state index < -0.39 is 53.1 Å². The number of aromatic nitrogens is 1. The van der Waals surface area contributed by atoms with Crippen LogP contribution in [0.5, 0.6) is 0 Å². The number of pyridine rings is 1. The molecule has 3 aliphatic rings. The van der Waals surface area contributed by atoms with Gasteiger partial charge in [-0.3, -0.25) is 9.88 Å². The third-order valence-corrected chi connectivity index (χ3v) is 9.09. The van der Waals surface area contributed by atoms with Crippen molar-refractivity contribution < 1.29 is 45.4 Å². The zero-order valence-corrected chi connectivity index (χ0v) is 24.3. The van der Waals surface area contributed by atoms with Crippen LogP contribution in [0.4, 0.5) is 35.5 Å². The lowest BCUT2D eigenvalue weighted by molar-refractivity contribution is -0.143. The van der Waals surface area contributed by atoms with Crippen LogP contribution in [0.25, 0.3) is 11.1 Å². The van der Waals surface area contributed by atoms with Gasteiger partial charge in [0.2, 0.25) is 0 Å². The van der Waals surface area contributed by atoms with Gasteiger partial charge in [0.05, 0.1) is 35.5 Å². The molecule has 240 valence electrons. The number of carbonyl (C=O) groups is 1. The molecule has 12 heteroatoms. The highest BCUT2D eigenvalue weighted by Gasteiger charge is 2.44.